The zero-order chi connectivity index (χ0) is 16.7. The van der Waals surface area contributed by atoms with Gasteiger partial charge in [0.1, 0.15) is 5.82 Å². The second-order valence-electron chi connectivity index (χ2n) is 6.11. The molecule has 2 aromatic carbocycles. The number of Topliss-reactive ketones (excluding diaryl/α,β-unsaturated/α-hetero) is 1. The lowest BCUT2D eigenvalue weighted by atomic mass is 9.96. The van der Waals surface area contributed by atoms with E-state index in [1.54, 1.807) is 0 Å². The fraction of sp³-hybridized carbons (Fsp3) is 0.211. The summed E-state index contributed by atoms with van der Waals surface area (Å²) in [6.45, 7) is 2.56. The summed E-state index contributed by atoms with van der Waals surface area (Å²) in [5, 5.41) is 2.84. The number of para-hydroxylation sites is 2. The Bertz CT molecular complexity index is 941. The third-order valence-electron chi connectivity index (χ3n) is 4.43. The maximum Gasteiger partial charge on any atom is 0.242 e. The molecule has 0 fully saturated rings. The molecular weight excluding hydrogens is 302 g/mol. The first kappa shape index (κ1) is 14.6. The van der Waals surface area contributed by atoms with Gasteiger partial charge in [0.05, 0.1) is 11.0 Å². The van der Waals surface area contributed by atoms with E-state index in [9.17, 15) is 9.59 Å². The van der Waals surface area contributed by atoms with Crippen molar-refractivity contribution in [3.63, 3.8) is 0 Å². The molecule has 1 atom stereocenters. The van der Waals surface area contributed by atoms with Crippen molar-refractivity contribution < 1.29 is 9.59 Å². The van der Waals surface area contributed by atoms with Crippen molar-refractivity contribution in [1.29, 1.82) is 0 Å². The predicted octanol–water partition coefficient (Wildman–Crippen LogP) is 3.04. The van der Waals surface area contributed by atoms with Crippen molar-refractivity contribution in [3.05, 3.63) is 59.9 Å². The van der Waals surface area contributed by atoms with Crippen LogP contribution in [0.5, 0.6) is 0 Å². The lowest BCUT2D eigenvalue weighted by Gasteiger charge is -2.22. The van der Waals surface area contributed by atoms with Gasteiger partial charge in [-0.05, 0) is 31.2 Å². The summed E-state index contributed by atoms with van der Waals surface area (Å²) in [4.78, 5) is 29.7. The molecule has 24 heavy (non-hydrogen) atoms. The number of carbonyl (C=O) groups is 2. The van der Waals surface area contributed by atoms with Crippen molar-refractivity contribution in [2.45, 2.75) is 25.8 Å². The Labute approximate surface area is 139 Å². The van der Waals surface area contributed by atoms with Crippen LogP contribution in [0.1, 0.15) is 23.7 Å². The molecule has 1 unspecified atom stereocenters. The van der Waals surface area contributed by atoms with E-state index in [4.69, 9.17) is 0 Å². The Morgan fingerprint density at radius 2 is 1.92 bits per heavy atom. The summed E-state index contributed by atoms with van der Waals surface area (Å²) >= 11 is 0. The Morgan fingerprint density at radius 1 is 1.17 bits per heavy atom. The van der Waals surface area contributed by atoms with E-state index < -0.39 is 5.92 Å². The lowest BCUT2D eigenvalue weighted by Crippen LogP contribution is -2.34. The molecule has 0 radical (unpaired) electrons. The number of hydrogen-bond donors (Lipinski definition) is 1. The summed E-state index contributed by atoms with van der Waals surface area (Å²) < 4.78 is 1.98. The van der Waals surface area contributed by atoms with Crippen molar-refractivity contribution in [1.82, 2.24) is 9.55 Å². The van der Waals surface area contributed by atoms with Crippen molar-refractivity contribution >= 4 is 28.4 Å². The van der Waals surface area contributed by atoms with Gasteiger partial charge in [-0.2, -0.15) is 0 Å². The highest BCUT2D eigenvalue weighted by molar-refractivity contribution is 6.12. The molecular formula is C19H17N3O2. The highest BCUT2D eigenvalue weighted by atomic mass is 16.2. The van der Waals surface area contributed by atoms with E-state index in [-0.39, 0.29) is 11.7 Å². The number of carbonyl (C=O) groups excluding carboxylic acids is 2. The van der Waals surface area contributed by atoms with Crippen LogP contribution in [-0.2, 0) is 16.1 Å². The maximum absolute atomic E-state index is 12.7. The Hall–Kier alpha value is -2.95. The molecule has 1 aliphatic heterocycles. The molecule has 2 heterocycles. The Kier molecular flexibility index (Phi) is 3.41. The molecule has 0 spiro atoms. The molecule has 120 valence electrons. The fourth-order valence-electron chi connectivity index (χ4n) is 3.17. The van der Waals surface area contributed by atoms with Crippen LogP contribution in [0.3, 0.4) is 0 Å². The highest BCUT2D eigenvalue weighted by Crippen LogP contribution is 2.29. The maximum atomic E-state index is 12.7. The van der Waals surface area contributed by atoms with E-state index in [0.29, 0.717) is 24.5 Å². The smallest absolute Gasteiger partial charge is 0.242 e. The van der Waals surface area contributed by atoms with Crippen molar-refractivity contribution in [3.8, 4) is 0 Å². The molecule has 1 N–H and O–H groups in total. The molecule has 0 aliphatic carbocycles. The molecule has 4 rings (SSSR count). The van der Waals surface area contributed by atoms with Gasteiger partial charge >= 0.3 is 0 Å². The van der Waals surface area contributed by atoms with Gasteiger partial charge in [-0.3, -0.25) is 9.59 Å². The molecule has 5 heteroatoms. The summed E-state index contributed by atoms with van der Waals surface area (Å²) in [6, 6.07) is 15.2. The average Bonchev–Trinajstić information content (AvgIpc) is 2.95. The molecule has 1 aromatic heterocycles. The van der Waals surface area contributed by atoms with Gasteiger partial charge in [0.25, 0.3) is 0 Å². The summed E-state index contributed by atoms with van der Waals surface area (Å²) in [7, 11) is 0. The number of amides is 1. The van der Waals surface area contributed by atoms with Gasteiger partial charge in [0.2, 0.25) is 5.91 Å². The van der Waals surface area contributed by atoms with E-state index in [1.807, 2.05) is 60.0 Å². The lowest BCUT2D eigenvalue weighted by molar-refractivity contribution is -0.128. The summed E-state index contributed by atoms with van der Waals surface area (Å²) in [6.07, 6.45) is 0.347. The molecule has 0 bridgehead atoms. The number of benzene rings is 2. The number of imidazole rings is 1. The minimum Gasteiger partial charge on any atom is -0.326 e. The van der Waals surface area contributed by atoms with Gasteiger partial charge < -0.3 is 9.88 Å². The number of ketones is 1. The van der Waals surface area contributed by atoms with Crippen LogP contribution in [0.4, 0.5) is 5.69 Å². The number of nitrogens with one attached hydrogen (secondary N) is 1. The third kappa shape index (κ3) is 2.38. The minimum absolute atomic E-state index is 0.0811. The molecule has 0 saturated heterocycles. The molecule has 1 amide bonds. The van der Waals surface area contributed by atoms with Gasteiger partial charge in [-0.25, -0.2) is 4.98 Å². The number of anilines is 1. The highest BCUT2D eigenvalue weighted by Gasteiger charge is 2.36. The monoisotopic (exact) mass is 319 g/mol. The van der Waals surface area contributed by atoms with E-state index in [0.717, 1.165) is 16.6 Å². The zero-order valence-corrected chi connectivity index (χ0v) is 13.3. The zero-order valence-electron chi connectivity index (χ0n) is 13.3. The fourth-order valence-corrected chi connectivity index (χ4v) is 3.17. The summed E-state index contributed by atoms with van der Waals surface area (Å²) in [5.41, 5.74) is 3.58. The number of aromatic nitrogens is 2. The topological polar surface area (TPSA) is 64.0 Å². The second-order valence-corrected chi connectivity index (χ2v) is 6.11. The minimum atomic E-state index is -0.854. The molecule has 1 aliphatic rings. The van der Waals surface area contributed by atoms with E-state index >= 15 is 0 Å². The SMILES string of the molecule is Cc1ccc(NC(=O)C2C(=O)CCn3c2nc2ccccc23)cc1. The second kappa shape index (κ2) is 5.60. The van der Waals surface area contributed by atoms with Crippen LogP contribution >= 0.6 is 0 Å². The number of nitrogens with zero attached hydrogens (tertiary/aromatic N) is 2. The predicted molar refractivity (Wildman–Crippen MR) is 91.9 cm³/mol. The van der Waals surface area contributed by atoms with Crippen LogP contribution < -0.4 is 5.32 Å². The van der Waals surface area contributed by atoms with Crippen LogP contribution in [-0.4, -0.2) is 21.2 Å². The van der Waals surface area contributed by atoms with Crippen LogP contribution in [0.2, 0.25) is 0 Å². The van der Waals surface area contributed by atoms with Crippen molar-refractivity contribution in [2.24, 2.45) is 0 Å². The summed E-state index contributed by atoms with van der Waals surface area (Å²) in [5.74, 6) is -0.716. The molecule has 3 aromatic rings. The third-order valence-corrected chi connectivity index (χ3v) is 4.43. The van der Waals surface area contributed by atoms with Crippen LogP contribution in [0, 0.1) is 6.92 Å². The standard InChI is InChI=1S/C19H17N3O2/c1-12-6-8-13(9-7-12)20-19(24)17-16(23)10-11-22-15-5-3-2-4-14(15)21-18(17)22/h2-9,17H,10-11H2,1H3,(H,20,24). The van der Waals surface area contributed by atoms with Crippen molar-refractivity contribution in [2.75, 3.05) is 5.32 Å². The first-order chi connectivity index (χ1) is 11.6. The van der Waals surface area contributed by atoms with Crippen LogP contribution in [0.15, 0.2) is 48.5 Å². The average molecular weight is 319 g/mol. The number of rotatable bonds is 2. The molecule has 0 saturated carbocycles. The number of aryl methyl sites for hydroxylation is 2. The number of fused-ring (bicyclic) bond motifs is 3. The first-order valence-electron chi connectivity index (χ1n) is 7.99. The Morgan fingerprint density at radius 3 is 2.71 bits per heavy atom. The normalized spacial score (nSPS) is 16.9. The molecule has 5 nitrogen and oxygen atoms in total. The quantitative estimate of drug-likeness (QED) is 0.738. The van der Waals surface area contributed by atoms with E-state index in [2.05, 4.69) is 10.3 Å². The first-order valence-corrected chi connectivity index (χ1v) is 7.99. The van der Waals surface area contributed by atoms with Gasteiger partial charge in [-0.15, -0.1) is 0 Å². The largest absolute Gasteiger partial charge is 0.326 e. The van der Waals surface area contributed by atoms with Crippen LogP contribution in [0.25, 0.3) is 11.0 Å². The Balaban J connectivity index is 1.71. The van der Waals surface area contributed by atoms with Gasteiger partial charge in [0, 0.05) is 18.7 Å². The van der Waals surface area contributed by atoms with Gasteiger partial charge in [-0.1, -0.05) is 29.8 Å². The van der Waals surface area contributed by atoms with E-state index in [1.165, 1.54) is 0 Å². The number of hydrogen-bond acceptors (Lipinski definition) is 3. The van der Waals surface area contributed by atoms with Gasteiger partial charge in [0.15, 0.2) is 11.7 Å².